The van der Waals surface area contributed by atoms with Crippen LogP contribution in [0.4, 0.5) is 0 Å². The van der Waals surface area contributed by atoms with E-state index >= 15 is 0 Å². The van der Waals surface area contributed by atoms with E-state index in [1.807, 2.05) is 7.11 Å². The van der Waals surface area contributed by atoms with Crippen LogP contribution in [0.5, 0.6) is 0 Å². The van der Waals surface area contributed by atoms with E-state index in [1.165, 1.54) is 31.7 Å². The van der Waals surface area contributed by atoms with Crippen molar-refractivity contribution in [1.82, 2.24) is 0 Å². The Balaban J connectivity index is 0.00000242. The van der Waals surface area contributed by atoms with Gasteiger partial charge in [-0.3, -0.25) is 0 Å². The van der Waals surface area contributed by atoms with Crippen molar-refractivity contribution < 1.29 is 21.6 Å². The van der Waals surface area contributed by atoms with Gasteiger partial charge in [-0.25, -0.2) is 0 Å². The molecule has 0 heterocycles. The van der Waals surface area contributed by atoms with Crippen LogP contribution in [0.25, 0.3) is 5.57 Å². The fourth-order valence-electron chi connectivity index (χ4n) is 3.14. The quantitative estimate of drug-likeness (QED) is 0.568. The molecule has 1 nitrogen and oxygen atoms in total. The second-order valence-electron chi connectivity index (χ2n) is 7.01. The minimum Gasteiger partial charge on any atom is -0.147 e. The van der Waals surface area contributed by atoms with Crippen molar-refractivity contribution in [2.24, 2.45) is 0 Å². The van der Waals surface area contributed by atoms with E-state index in [0.717, 1.165) is 6.42 Å². The SMILES string of the molecule is C[O][Ti]([c]1ccccc1C1=C(C)C(C)=C(C)C1)[C](C)(C)C.Cl.Cl. The number of benzene rings is 1. The molecule has 1 aliphatic rings. The van der Waals surface area contributed by atoms with Crippen molar-refractivity contribution in [1.29, 1.82) is 0 Å². The van der Waals surface area contributed by atoms with Crippen LogP contribution in [0.15, 0.2) is 41.0 Å². The Kier molecular flexibility index (Phi) is 8.86. The van der Waals surface area contributed by atoms with Crippen LogP contribution in [-0.4, -0.2) is 7.11 Å². The predicted octanol–water partition coefficient (Wildman–Crippen LogP) is 6.07. The Morgan fingerprint density at radius 1 is 0.957 bits per heavy atom. The van der Waals surface area contributed by atoms with Gasteiger partial charge in [0, 0.05) is 0 Å². The summed E-state index contributed by atoms with van der Waals surface area (Å²) in [4.78, 5) is 0. The van der Waals surface area contributed by atoms with Gasteiger partial charge in [0.15, 0.2) is 0 Å². The molecule has 0 unspecified atom stereocenters. The fourth-order valence-corrected chi connectivity index (χ4v) is 6.83. The summed E-state index contributed by atoms with van der Waals surface area (Å²) in [7, 11) is 1.89. The number of halogens is 2. The molecule has 0 saturated heterocycles. The largest absolute Gasteiger partial charge is 0.147 e. The number of hydrogen-bond donors (Lipinski definition) is 0. The zero-order valence-corrected chi connectivity index (χ0v) is 18.4. The van der Waals surface area contributed by atoms with Gasteiger partial charge in [0.1, 0.15) is 0 Å². The molecule has 23 heavy (non-hydrogen) atoms. The fraction of sp³-hybridized carbons (Fsp3) is 0.474. The molecular weight excluding hydrogens is 363 g/mol. The van der Waals surface area contributed by atoms with E-state index < -0.39 is 18.3 Å². The van der Waals surface area contributed by atoms with E-state index in [-0.39, 0.29) is 28.5 Å². The summed E-state index contributed by atoms with van der Waals surface area (Å²) < 4.78 is 7.74. The van der Waals surface area contributed by atoms with Crippen molar-refractivity contribution in [3.05, 3.63) is 46.5 Å². The molecule has 0 spiro atoms. The molecular formula is C19H29Cl2OTi. The average Bonchev–Trinajstić information content (AvgIpc) is 2.66. The first-order chi connectivity index (χ1) is 9.77. The maximum Gasteiger partial charge on any atom is -0.147 e. The van der Waals surface area contributed by atoms with Crippen LogP contribution < -0.4 is 3.87 Å². The summed E-state index contributed by atoms with van der Waals surface area (Å²) in [5.74, 6) is 0. The van der Waals surface area contributed by atoms with Crippen molar-refractivity contribution in [2.45, 2.75) is 51.7 Å². The van der Waals surface area contributed by atoms with Gasteiger partial charge in [-0.05, 0) is 0 Å². The summed E-state index contributed by atoms with van der Waals surface area (Å²) in [6, 6.07) is 8.91. The standard InChI is InChI=1S/C14H15.C4H9.CH3O.2ClH.Ti/c1-10-9-14(12(3)11(10)2)13-7-5-4-6-8-13;1-4(2)3;1-2;;;/h4-7H,9H2,1-3H3;1-3H3;1H3;2*1H;/q;;-1;;;+1. The summed E-state index contributed by atoms with van der Waals surface area (Å²) in [6.07, 6.45) is 1.09. The van der Waals surface area contributed by atoms with Gasteiger partial charge >= 0.3 is 136 Å². The van der Waals surface area contributed by atoms with Gasteiger partial charge in [-0.1, -0.05) is 0 Å². The number of rotatable bonds is 3. The smallest absolute Gasteiger partial charge is 0.147 e. The molecule has 1 aliphatic carbocycles. The Morgan fingerprint density at radius 2 is 1.52 bits per heavy atom. The van der Waals surface area contributed by atoms with Crippen LogP contribution >= 0.6 is 24.8 Å². The van der Waals surface area contributed by atoms with Gasteiger partial charge in [0.05, 0.1) is 0 Å². The molecule has 4 heteroatoms. The summed E-state index contributed by atoms with van der Waals surface area (Å²) in [5, 5.41) is 0. The molecule has 0 fully saturated rings. The molecule has 0 atom stereocenters. The number of hydrogen-bond acceptors (Lipinski definition) is 1. The monoisotopic (exact) mass is 391 g/mol. The Hall–Kier alpha value is -0.0457. The first-order valence-corrected chi connectivity index (χ1v) is 9.85. The summed E-state index contributed by atoms with van der Waals surface area (Å²) >= 11 is -1.79. The normalized spacial score (nSPS) is 14.6. The Labute approximate surface area is 160 Å². The number of allylic oxidation sites excluding steroid dienone is 4. The van der Waals surface area contributed by atoms with E-state index in [2.05, 4.69) is 65.8 Å². The molecule has 0 aromatic heterocycles. The molecule has 129 valence electrons. The van der Waals surface area contributed by atoms with Crippen molar-refractivity contribution >= 4 is 34.3 Å². The zero-order valence-electron chi connectivity index (χ0n) is 15.2. The van der Waals surface area contributed by atoms with Crippen LogP contribution in [0, 0.1) is 0 Å². The minimum atomic E-state index is -1.79. The average molecular weight is 392 g/mol. The minimum absolute atomic E-state index is 0. The van der Waals surface area contributed by atoms with E-state index in [9.17, 15) is 0 Å². The van der Waals surface area contributed by atoms with Crippen LogP contribution in [-0.2, 0) is 21.6 Å². The molecule has 1 aromatic carbocycles. The van der Waals surface area contributed by atoms with E-state index in [4.69, 9.17) is 3.32 Å². The van der Waals surface area contributed by atoms with Crippen molar-refractivity contribution in [2.75, 3.05) is 7.11 Å². The molecule has 0 radical (unpaired) electrons. The van der Waals surface area contributed by atoms with Gasteiger partial charge in [0.25, 0.3) is 0 Å². The molecule has 1 aromatic rings. The molecule has 0 N–H and O–H groups in total. The summed E-state index contributed by atoms with van der Waals surface area (Å²) in [5.41, 5.74) is 7.37. The first kappa shape index (κ1) is 23.0. The first-order valence-electron chi connectivity index (χ1n) is 7.65. The van der Waals surface area contributed by atoms with Crippen LogP contribution in [0.2, 0.25) is 3.72 Å². The second-order valence-corrected chi connectivity index (χ2v) is 11.9. The van der Waals surface area contributed by atoms with Gasteiger partial charge in [0.2, 0.25) is 0 Å². The van der Waals surface area contributed by atoms with E-state index in [1.54, 1.807) is 0 Å². The molecule has 0 saturated carbocycles. The third-order valence-electron chi connectivity index (χ3n) is 4.48. The predicted molar refractivity (Wildman–Crippen MR) is 103 cm³/mol. The third kappa shape index (κ3) is 4.74. The van der Waals surface area contributed by atoms with Gasteiger partial charge in [-0.2, -0.15) is 0 Å². The van der Waals surface area contributed by atoms with Crippen molar-refractivity contribution in [3.63, 3.8) is 0 Å². The van der Waals surface area contributed by atoms with Crippen LogP contribution in [0.3, 0.4) is 0 Å². The maximum absolute atomic E-state index is 6.02. The maximum atomic E-state index is 6.02. The topological polar surface area (TPSA) is 9.23 Å². The Morgan fingerprint density at radius 3 is 1.96 bits per heavy atom. The van der Waals surface area contributed by atoms with E-state index in [0.29, 0.717) is 0 Å². The Bertz CT molecular complexity index is 612. The zero-order chi connectivity index (χ0) is 15.8. The molecule has 2 rings (SSSR count). The van der Waals surface area contributed by atoms with Gasteiger partial charge < -0.3 is 0 Å². The molecule has 0 bridgehead atoms. The molecule has 0 aliphatic heterocycles. The van der Waals surface area contributed by atoms with Gasteiger partial charge in [-0.15, -0.1) is 24.8 Å². The molecule has 0 amide bonds. The summed E-state index contributed by atoms with van der Waals surface area (Å²) in [6.45, 7) is 13.7. The third-order valence-corrected chi connectivity index (χ3v) is 8.69. The van der Waals surface area contributed by atoms with Crippen molar-refractivity contribution in [3.8, 4) is 0 Å². The second kappa shape index (κ2) is 8.88. The van der Waals surface area contributed by atoms with Crippen LogP contribution in [0.1, 0.15) is 53.5 Å².